The number of halogens is 1. The summed E-state index contributed by atoms with van der Waals surface area (Å²) in [5.41, 5.74) is 1.45. The molecule has 1 fully saturated rings. The van der Waals surface area contributed by atoms with Crippen LogP contribution in [0.5, 0.6) is 0 Å². The Bertz CT molecular complexity index is 461. The van der Waals surface area contributed by atoms with E-state index in [4.69, 9.17) is 11.6 Å². The van der Waals surface area contributed by atoms with Gasteiger partial charge in [-0.15, -0.1) is 0 Å². The number of hydrogen-bond donors (Lipinski definition) is 0. The zero-order valence-corrected chi connectivity index (χ0v) is 13.3. The summed E-state index contributed by atoms with van der Waals surface area (Å²) in [5.74, 6) is 0.566. The fourth-order valence-corrected chi connectivity index (χ4v) is 3.18. The van der Waals surface area contributed by atoms with E-state index < -0.39 is 0 Å². The van der Waals surface area contributed by atoms with Gasteiger partial charge in [0.05, 0.1) is 0 Å². The topological polar surface area (TPSA) is 33.2 Å². The second-order valence-corrected chi connectivity index (χ2v) is 6.50. The molecule has 0 saturated heterocycles. The van der Waals surface area contributed by atoms with Crippen molar-refractivity contribution in [1.82, 2.24) is 9.88 Å². The highest BCUT2D eigenvalue weighted by atomic mass is 35.5. The van der Waals surface area contributed by atoms with Gasteiger partial charge in [-0.3, -0.25) is 4.79 Å². The van der Waals surface area contributed by atoms with Crippen LogP contribution in [0.3, 0.4) is 0 Å². The second kappa shape index (κ2) is 6.57. The maximum atomic E-state index is 12.8. The number of aromatic nitrogens is 1. The molecule has 1 aromatic rings. The zero-order chi connectivity index (χ0) is 14.7. The standard InChI is InChI=1S/C16H23ClN2O/c1-11(2)10-19(14-6-4-5-7-14)16(20)13-8-12(3)18-15(17)9-13/h8-9,11,14H,4-7,10H2,1-3H3. The normalized spacial score (nSPS) is 15.8. The molecule has 20 heavy (non-hydrogen) atoms. The lowest BCUT2D eigenvalue weighted by Crippen LogP contribution is -2.41. The molecule has 0 atom stereocenters. The molecular weight excluding hydrogens is 272 g/mol. The van der Waals surface area contributed by atoms with E-state index in [-0.39, 0.29) is 5.91 Å². The molecule has 1 amide bonds. The lowest BCUT2D eigenvalue weighted by Gasteiger charge is -2.30. The van der Waals surface area contributed by atoms with Gasteiger partial charge in [-0.1, -0.05) is 38.3 Å². The minimum absolute atomic E-state index is 0.0954. The third-order valence-electron chi connectivity index (χ3n) is 3.76. The average molecular weight is 295 g/mol. The smallest absolute Gasteiger partial charge is 0.254 e. The summed E-state index contributed by atoms with van der Waals surface area (Å²) < 4.78 is 0. The van der Waals surface area contributed by atoms with Crippen LogP contribution in [-0.4, -0.2) is 28.4 Å². The largest absolute Gasteiger partial charge is 0.335 e. The highest BCUT2D eigenvalue weighted by Gasteiger charge is 2.28. The van der Waals surface area contributed by atoms with Crippen molar-refractivity contribution in [2.75, 3.05) is 6.54 Å². The number of pyridine rings is 1. The first-order chi connectivity index (χ1) is 9.47. The van der Waals surface area contributed by atoms with Gasteiger partial charge >= 0.3 is 0 Å². The first-order valence-corrected chi connectivity index (χ1v) is 7.80. The Morgan fingerprint density at radius 3 is 2.60 bits per heavy atom. The van der Waals surface area contributed by atoms with E-state index in [0.717, 1.165) is 25.1 Å². The maximum Gasteiger partial charge on any atom is 0.254 e. The number of hydrogen-bond acceptors (Lipinski definition) is 2. The monoisotopic (exact) mass is 294 g/mol. The number of nitrogens with zero attached hydrogens (tertiary/aromatic N) is 2. The van der Waals surface area contributed by atoms with Gasteiger partial charge in [0, 0.05) is 23.8 Å². The van der Waals surface area contributed by atoms with Crippen molar-refractivity contribution < 1.29 is 4.79 Å². The summed E-state index contributed by atoms with van der Waals surface area (Å²) in [6, 6.07) is 3.90. The number of carbonyl (C=O) groups is 1. The molecule has 1 aliphatic carbocycles. The second-order valence-electron chi connectivity index (χ2n) is 6.11. The van der Waals surface area contributed by atoms with Gasteiger partial charge in [-0.2, -0.15) is 0 Å². The molecule has 0 aromatic carbocycles. The molecule has 2 rings (SSSR count). The van der Waals surface area contributed by atoms with Crippen molar-refractivity contribution in [3.8, 4) is 0 Å². The Hall–Kier alpha value is -1.09. The summed E-state index contributed by atoms with van der Waals surface area (Å²) in [4.78, 5) is 19.0. The van der Waals surface area contributed by atoms with Gasteiger partial charge in [0.25, 0.3) is 5.91 Å². The maximum absolute atomic E-state index is 12.8. The number of amides is 1. The van der Waals surface area contributed by atoms with Crippen LogP contribution < -0.4 is 0 Å². The molecule has 1 aliphatic rings. The fraction of sp³-hybridized carbons (Fsp3) is 0.625. The van der Waals surface area contributed by atoms with E-state index in [9.17, 15) is 4.79 Å². The Balaban J connectivity index is 2.24. The van der Waals surface area contributed by atoms with Crippen LogP contribution in [-0.2, 0) is 0 Å². The van der Waals surface area contributed by atoms with Gasteiger partial charge in [0.2, 0.25) is 0 Å². The quantitative estimate of drug-likeness (QED) is 0.784. The summed E-state index contributed by atoms with van der Waals surface area (Å²) in [5, 5.41) is 0.393. The number of carbonyl (C=O) groups excluding carboxylic acids is 1. The highest BCUT2D eigenvalue weighted by molar-refractivity contribution is 6.29. The summed E-state index contributed by atoms with van der Waals surface area (Å²) in [7, 11) is 0. The van der Waals surface area contributed by atoms with E-state index in [2.05, 4.69) is 18.8 Å². The minimum atomic E-state index is 0.0954. The van der Waals surface area contributed by atoms with Crippen molar-refractivity contribution in [1.29, 1.82) is 0 Å². The predicted molar refractivity (Wildman–Crippen MR) is 82.1 cm³/mol. The highest BCUT2D eigenvalue weighted by Crippen LogP contribution is 2.26. The molecule has 110 valence electrons. The molecule has 0 spiro atoms. The van der Waals surface area contributed by atoms with Gasteiger partial charge in [-0.25, -0.2) is 4.98 Å². The van der Waals surface area contributed by atoms with Crippen LogP contribution in [0.4, 0.5) is 0 Å². The van der Waals surface area contributed by atoms with E-state index in [0.29, 0.717) is 22.7 Å². The zero-order valence-electron chi connectivity index (χ0n) is 12.5. The lowest BCUT2D eigenvalue weighted by molar-refractivity contribution is 0.0655. The average Bonchev–Trinajstić information content (AvgIpc) is 2.87. The molecule has 1 saturated carbocycles. The third kappa shape index (κ3) is 3.72. The van der Waals surface area contributed by atoms with Gasteiger partial charge < -0.3 is 4.90 Å². The van der Waals surface area contributed by atoms with E-state index in [1.54, 1.807) is 6.07 Å². The first-order valence-electron chi connectivity index (χ1n) is 7.42. The first kappa shape index (κ1) is 15.3. The van der Waals surface area contributed by atoms with Gasteiger partial charge in [0.1, 0.15) is 5.15 Å². The van der Waals surface area contributed by atoms with Gasteiger partial charge in [-0.05, 0) is 37.8 Å². The third-order valence-corrected chi connectivity index (χ3v) is 3.95. The lowest BCUT2D eigenvalue weighted by atomic mass is 10.1. The van der Waals surface area contributed by atoms with Crippen molar-refractivity contribution >= 4 is 17.5 Å². The Morgan fingerprint density at radius 2 is 2.05 bits per heavy atom. The molecule has 0 N–H and O–H groups in total. The van der Waals surface area contributed by atoms with Crippen molar-refractivity contribution in [3.63, 3.8) is 0 Å². The van der Waals surface area contributed by atoms with Crippen LogP contribution in [0.1, 0.15) is 55.6 Å². The molecule has 3 nitrogen and oxygen atoms in total. The van der Waals surface area contributed by atoms with Crippen LogP contribution in [0, 0.1) is 12.8 Å². The molecular formula is C16H23ClN2O. The van der Waals surface area contributed by atoms with Crippen molar-refractivity contribution in [2.24, 2.45) is 5.92 Å². The van der Waals surface area contributed by atoms with E-state index in [1.165, 1.54) is 12.8 Å². The Morgan fingerprint density at radius 1 is 1.40 bits per heavy atom. The van der Waals surface area contributed by atoms with Crippen LogP contribution >= 0.6 is 11.6 Å². The summed E-state index contributed by atoms with van der Waals surface area (Å²) >= 11 is 5.98. The molecule has 0 bridgehead atoms. The molecule has 4 heteroatoms. The molecule has 0 unspecified atom stereocenters. The SMILES string of the molecule is Cc1cc(C(=O)N(CC(C)C)C2CCCC2)cc(Cl)n1. The predicted octanol–water partition coefficient (Wildman–Crippen LogP) is 4.08. The number of aryl methyl sites for hydroxylation is 1. The molecule has 1 heterocycles. The molecule has 0 radical (unpaired) electrons. The Kier molecular flexibility index (Phi) is 5.03. The number of rotatable bonds is 4. The van der Waals surface area contributed by atoms with Crippen LogP contribution in [0.2, 0.25) is 5.15 Å². The van der Waals surface area contributed by atoms with Crippen LogP contribution in [0.25, 0.3) is 0 Å². The van der Waals surface area contributed by atoms with Crippen molar-refractivity contribution in [3.05, 3.63) is 28.5 Å². The van der Waals surface area contributed by atoms with Gasteiger partial charge in [0.15, 0.2) is 0 Å². The molecule has 1 aromatic heterocycles. The van der Waals surface area contributed by atoms with E-state index >= 15 is 0 Å². The van der Waals surface area contributed by atoms with Crippen molar-refractivity contribution in [2.45, 2.75) is 52.5 Å². The van der Waals surface area contributed by atoms with E-state index in [1.807, 2.05) is 17.9 Å². The minimum Gasteiger partial charge on any atom is -0.335 e. The fourth-order valence-electron chi connectivity index (χ4n) is 2.92. The summed E-state index contributed by atoms with van der Waals surface area (Å²) in [6.07, 6.45) is 4.69. The summed E-state index contributed by atoms with van der Waals surface area (Å²) in [6.45, 7) is 6.98. The molecule has 0 aliphatic heterocycles. The van der Waals surface area contributed by atoms with Crippen LogP contribution in [0.15, 0.2) is 12.1 Å². The Labute approximate surface area is 126 Å².